The summed E-state index contributed by atoms with van der Waals surface area (Å²) in [5.41, 5.74) is 0.922. The van der Waals surface area contributed by atoms with Gasteiger partial charge < -0.3 is 15.3 Å². The Kier molecular flexibility index (Phi) is 8.72. The summed E-state index contributed by atoms with van der Waals surface area (Å²) in [5, 5.41) is 19.2. The third-order valence-corrected chi connectivity index (χ3v) is 7.23. The molecule has 0 radical (unpaired) electrons. The van der Waals surface area contributed by atoms with Gasteiger partial charge in [0.2, 0.25) is 5.91 Å². The molecule has 4 aromatic rings. The lowest BCUT2D eigenvalue weighted by atomic mass is 9.92. The van der Waals surface area contributed by atoms with E-state index < -0.39 is 17.2 Å². The molecule has 2 heterocycles. The number of aromatic nitrogens is 3. The van der Waals surface area contributed by atoms with Gasteiger partial charge in [0, 0.05) is 66.8 Å². The van der Waals surface area contributed by atoms with Gasteiger partial charge in [-0.2, -0.15) is 5.10 Å². The summed E-state index contributed by atoms with van der Waals surface area (Å²) in [7, 11) is 0. The quantitative estimate of drug-likeness (QED) is 0.283. The molecule has 5 rings (SSSR count). The maximum Gasteiger partial charge on any atom is 0.248 e. The minimum Gasteiger partial charge on any atom is -0.382 e. The number of nitrogens with zero attached hydrogens (tertiary/aromatic N) is 5. The lowest BCUT2D eigenvalue weighted by Crippen LogP contribution is -2.52. The van der Waals surface area contributed by atoms with Crippen LogP contribution in [0, 0.1) is 11.6 Å². The summed E-state index contributed by atoms with van der Waals surface area (Å²) in [5.74, 6) is -1.75. The van der Waals surface area contributed by atoms with Gasteiger partial charge in [0.15, 0.2) is 0 Å². The molecule has 1 amide bonds. The minimum atomic E-state index is -1.64. The van der Waals surface area contributed by atoms with E-state index in [4.69, 9.17) is 11.6 Å². The number of hydrogen-bond acceptors (Lipinski definition) is 6. The summed E-state index contributed by atoms with van der Waals surface area (Å²) in [6.07, 6.45) is 5.98. The predicted octanol–water partition coefficient (Wildman–Crippen LogP) is 4.57. The lowest BCUT2D eigenvalue weighted by Gasteiger charge is -2.40. The molecule has 3 aromatic carbocycles. The van der Waals surface area contributed by atoms with Crippen LogP contribution in [-0.4, -0.2) is 63.4 Å². The molecule has 2 N–H and O–H groups in total. The van der Waals surface area contributed by atoms with Crippen molar-refractivity contribution in [2.24, 2.45) is 0 Å². The largest absolute Gasteiger partial charge is 0.382 e. The van der Waals surface area contributed by atoms with Crippen LogP contribution in [0.5, 0.6) is 0 Å². The van der Waals surface area contributed by atoms with Gasteiger partial charge in [-0.15, -0.1) is 0 Å². The van der Waals surface area contributed by atoms with Gasteiger partial charge in [0.1, 0.15) is 29.9 Å². The fourth-order valence-corrected chi connectivity index (χ4v) is 5.01. The number of halogens is 3. The average Bonchev–Trinajstić information content (AvgIpc) is 3.46. The molecule has 1 atom stereocenters. The minimum absolute atomic E-state index is 0.0116. The van der Waals surface area contributed by atoms with Crippen LogP contribution in [0.2, 0.25) is 5.02 Å². The number of piperazine rings is 1. The second kappa shape index (κ2) is 12.6. The van der Waals surface area contributed by atoms with Gasteiger partial charge in [-0.05, 0) is 54.1 Å². The van der Waals surface area contributed by atoms with E-state index in [1.54, 1.807) is 18.2 Å². The van der Waals surface area contributed by atoms with Crippen molar-refractivity contribution in [2.45, 2.75) is 12.1 Å². The van der Waals surface area contributed by atoms with E-state index in [-0.39, 0.29) is 24.6 Å². The number of benzene rings is 3. The van der Waals surface area contributed by atoms with Crippen LogP contribution in [0.15, 0.2) is 85.5 Å². The van der Waals surface area contributed by atoms with Crippen molar-refractivity contribution in [1.82, 2.24) is 19.7 Å². The zero-order valence-corrected chi connectivity index (χ0v) is 22.9. The summed E-state index contributed by atoms with van der Waals surface area (Å²) in [4.78, 5) is 20.5. The van der Waals surface area contributed by atoms with Crippen molar-refractivity contribution >= 4 is 35.0 Å². The highest BCUT2D eigenvalue weighted by Gasteiger charge is 2.36. The van der Waals surface area contributed by atoms with Gasteiger partial charge in [0.25, 0.3) is 0 Å². The Bertz CT molecular complexity index is 1490. The molecule has 212 valence electrons. The maximum atomic E-state index is 14.8. The Morgan fingerprint density at radius 3 is 2.39 bits per heavy atom. The van der Waals surface area contributed by atoms with Gasteiger partial charge in [-0.25, -0.2) is 18.4 Å². The molecule has 1 saturated heterocycles. The van der Waals surface area contributed by atoms with Crippen LogP contribution in [0.1, 0.15) is 11.1 Å². The normalized spacial score (nSPS) is 15.7. The standard InChI is InChI=1S/C30H29ClF2N6O2/c31-23-4-1-22(2-5-23)3-12-29(40)36-25-7-9-26(10-8-25)38-15-13-37(14-16-38)18-30(41,19-39-21-34-20-35-39)27-11-6-24(32)17-28(27)33/h1-12,17,20-21,41H,13-16,18-19H2,(H,36,40)/b12-3+. The molecule has 1 unspecified atom stereocenters. The average molecular weight is 579 g/mol. The SMILES string of the molecule is O=C(/C=C/c1ccc(Cl)cc1)Nc1ccc(N2CCN(CC(O)(Cn3cncn3)c3ccc(F)cc3F)CC2)cc1. The fourth-order valence-electron chi connectivity index (χ4n) is 4.89. The smallest absolute Gasteiger partial charge is 0.248 e. The van der Waals surface area contributed by atoms with Crippen molar-refractivity contribution in [3.63, 3.8) is 0 Å². The monoisotopic (exact) mass is 578 g/mol. The molecule has 0 aliphatic carbocycles. The van der Waals surface area contributed by atoms with Crippen LogP contribution >= 0.6 is 11.6 Å². The van der Waals surface area contributed by atoms with Gasteiger partial charge in [0.05, 0.1) is 6.54 Å². The van der Waals surface area contributed by atoms with Crippen LogP contribution in [0.4, 0.5) is 20.2 Å². The van der Waals surface area contributed by atoms with Crippen molar-refractivity contribution in [1.29, 1.82) is 0 Å². The van der Waals surface area contributed by atoms with E-state index in [0.717, 1.165) is 23.4 Å². The van der Waals surface area contributed by atoms with E-state index >= 15 is 0 Å². The van der Waals surface area contributed by atoms with Crippen molar-refractivity contribution in [2.75, 3.05) is 42.9 Å². The number of rotatable bonds is 9. The number of carbonyl (C=O) groups is 1. The highest BCUT2D eigenvalue weighted by atomic mass is 35.5. The summed E-state index contributed by atoms with van der Waals surface area (Å²) >= 11 is 5.89. The Balaban J connectivity index is 1.18. The molecule has 0 saturated carbocycles. The first kappa shape index (κ1) is 28.4. The molecule has 1 aliphatic heterocycles. The number of aliphatic hydroxyl groups is 1. The Hall–Kier alpha value is -4.12. The zero-order chi connectivity index (χ0) is 28.8. The second-order valence-corrected chi connectivity index (χ2v) is 10.4. The summed E-state index contributed by atoms with van der Waals surface area (Å²) in [6, 6.07) is 18.0. The Morgan fingerprint density at radius 1 is 1.00 bits per heavy atom. The van der Waals surface area contributed by atoms with Crippen LogP contribution in [0.25, 0.3) is 6.08 Å². The first-order valence-corrected chi connectivity index (χ1v) is 13.5. The van der Waals surface area contributed by atoms with E-state index in [1.807, 2.05) is 36.4 Å². The lowest BCUT2D eigenvalue weighted by molar-refractivity contribution is -0.111. The molecule has 0 spiro atoms. The molecule has 11 heteroatoms. The molecule has 0 bridgehead atoms. The summed E-state index contributed by atoms with van der Waals surface area (Å²) < 4.78 is 29.8. The summed E-state index contributed by atoms with van der Waals surface area (Å²) in [6.45, 7) is 2.71. The highest BCUT2D eigenvalue weighted by Crippen LogP contribution is 2.29. The van der Waals surface area contributed by atoms with Crippen molar-refractivity contribution in [3.8, 4) is 0 Å². The number of hydrogen-bond donors (Lipinski definition) is 2. The topological polar surface area (TPSA) is 86.5 Å². The molecule has 1 aromatic heterocycles. The van der Waals surface area contributed by atoms with E-state index in [0.29, 0.717) is 36.9 Å². The van der Waals surface area contributed by atoms with Gasteiger partial charge in [-0.1, -0.05) is 29.8 Å². The number of amides is 1. The molecule has 8 nitrogen and oxygen atoms in total. The van der Waals surface area contributed by atoms with Gasteiger partial charge >= 0.3 is 0 Å². The maximum absolute atomic E-state index is 14.8. The number of carbonyl (C=O) groups excluding carboxylic acids is 1. The Morgan fingerprint density at radius 2 is 1.73 bits per heavy atom. The van der Waals surface area contributed by atoms with E-state index in [1.165, 1.54) is 29.5 Å². The van der Waals surface area contributed by atoms with Gasteiger partial charge in [-0.3, -0.25) is 9.69 Å². The zero-order valence-electron chi connectivity index (χ0n) is 22.1. The molecular formula is C30H29ClF2N6O2. The first-order valence-electron chi connectivity index (χ1n) is 13.1. The fraction of sp³-hybridized carbons (Fsp3) is 0.233. The molecule has 41 heavy (non-hydrogen) atoms. The molecule has 1 fully saturated rings. The van der Waals surface area contributed by atoms with E-state index in [9.17, 15) is 18.7 Å². The van der Waals surface area contributed by atoms with Crippen molar-refractivity contribution < 1.29 is 18.7 Å². The predicted molar refractivity (Wildman–Crippen MR) is 154 cm³/mol. The van der Waals surface area contributed by atoms with Crippen LogP contribution in [-0.2, 0) is 16.9 Å². The third kappa shape index (κ3) is 7.35. The Labute approximate surface area is 241 Å². The molecule has 1 aliphatic rings. The van der Waals surface area contributed by atoms with Crippen molar-refractivity contribution in [3.05, 3.63) is 113 Å². The highest BCUT2D eigenvalue weighted by molar-refractivity contribution is 6.30. The second-order valence-electron chi connectivity index (χ2n) is 9.93. The van der Waals surface area contributed by atoms with Crippen LogP contribution in [0.3, 0.4) is 0 Å². The molecular weight excluding hydrogens is 550 g/mol. The number of anilines is 2. The van der Waals surface area contributed by atoms with E-state index in [2.05, 4.69) is 25.2 Å². The number of nitrogens with one attached hydrogen (secondary N) is 1. The van der Waals surface area contributed by atoms with Crippen LogP contribution < -0.4 is 10.2 Å². The third-order valence-electron chi connectivity index (χ3n) is 6.98. The first-order chi connectivity index (χ1) is 19.8. The number of β-amino-alcohol motifs (C(OH)–C–C–N with tert-alkyl or cyclic N) is 1.